The van der Waals surface area contributed by atoms with E-state index in [1.54, 1.807) is 0 Å². The molecule has 1 rings (SSSR count). The van der Waals surface area contributed by atoms with E-state index in [1.165, 1.54) is 42.1 Å². The minimum absolute atomic E-state index is 0.278. The van der Waals surface area contributed by atoms with Crippen molar-refractivity contribution in [3.63, 3.8) is 0 Å². The smallest absolute Gasteiger partial charge is 0.328 e. The maximum atomic E-state index is 10.6. The molecule has 0 amide bonds. The predicted octanol–water partition coefficient (Wildman–Crippen LogP) is 5.83. The van der Waals surface area contributed by atoms with E-state index in [-0.39, 0.29) is 5.41 Å². The molecule has 0 heterocycles. The molecule has 0 radical (unpaired) electrons. The van der Waals surface area contributed by atoms with Gasteiger partial charge in [0, 0.05) is 6.08 Å². The third-order valence-corrected chi connectivity index (χ3v) is 4.43. The van der Waals surface area contributed by atoms with Crippen molar-refractivity contribution < 1.29 is 9.90 Å². The zero-order chi connectivity index (χ0) is 16.8. The molecule has 22 heavy (non-hydrogen) atoms. The molecule has 2 heteroatoms. The zero-order valence-electron chi connectivity index (χ0n) is 14.7. The van der Waals surface area contributed by atoms with Gasteiger partial charge in [0.2, 0.25) is 0 Å². The van der Waals surface area contributed by atoms with E-state index in [2.05, 4.69) is 45.9 Å². The van der Waals surface area contributed by atoms with Crippen molar-refractivity contribution >= 4 is 5.97 Å². The molecule has 0 atom stereocenters. The second-order valence-corrected chi connectivity index (χ2v) is 7.08. The average Bonchev–Trinajstić information content (AvgIpc) is 2.36. The van der Waals surface area contributed by atoms with E-state index in [0.29, 0.717) is 0 Å². The number of carbonyl (C=O) groups is 1. The highest BCUT2D eigenvalue weighted by atomic mass is 16.4. The Morgan fingerprint density at radius 1 is 1.32 bits per heavy atom. The quantitative estimate of drug-likeness (QED) is 0.495. The summed E-state index contributed by atoms with van der Waals surface area (Å²) in [6.07, 6.45) is 13.4. The van der Waals surface area contributed by atoms with Gasteiger partial charge in [-0.25, -0.2) is 4.79 Å². The van der Waals surface area contributed by atoms with Crippen LogP contribution in [0.25, 0.3) is 0 Å². The number of hydrogen-bond donors (Lipinski definition) is 1. The molecule has 0 aromatic rings. The van der Waals surface area contributed by atoms with Crippen LogP contribution in [0.15, 0.2) is 46.6 Å². The summed E-state index contributed by atoms with van der Waals surface area (Å²) in [6, 6.07) is 0. The van der Waals surface area contributed by atoms with Crippen LogP contribution in [-0.4, -0.2) is 11.1 Å². The molecule has 0 unspecified atom stereocenters. The minimum atomic E-state index is -0.861. The number of carboxylic acids is 1. The lowest BCUT2D eigenvalue weighted by Gasteiger charge is -2.32. The Balaban J connectivity index is 2.65. The number of carboxylic acid groups (broad SMARTS) is 1. The van der Waals surface area contributed by atoms with E-state index in [1.807, 2.05) is 6.92 Å². The summed E-state index contributed by atoms with van der Waals surface area (Å²) in [5.41, 5.74) is 5.42. The summed E-state index contributed by atoms with van der Waals surface area (Å²) in [5.74, 6) is -0.861. The van der Waals surface area contributed by atoms with Gasteiger partial charge in [0.15, 0.2) is 0 Å². The molecule has 1 aliphatic rings. The van der Waals surface area contributed by atoms with Crippen molar-refractivity contribution in [1.29, 1.82) is 0 Å². The van der Waals surface area contributed by atoms with Crippen LogP contribution in [0.4, 0.5) is 0 Å². The monoisotopic (exact) mass is 302 g/mol. The molecular formula is C20H30O2. The molecule has 0 bridgehead atoms. The zero-order valence-corrected chi connectivity index (χ0v) is 14.7. The average molecular weight is 302 g/mol. The molecule has 0 fully saturated rings. The third kappa shape index (κ3) is 6.05. The van der Waals surface area contributed by atoms with Gasteiger partial charge < -0.3 is 5.11 Å². The van der Waals surface area contributed by atoms with E-state index in [9.17, 15) is 4.79 Å². The van der Waals surface area contributed by atoms with Crippen LogP contribution < -0.4 is 0 Å². The number of hydrogen-bond acceptors (Lipinski definition) is 1. The lowest BCUT2D eigenvalue weighted by Crippen LogP contribution is -2.19. The number of allylic oxidation sites excluding steroid dienone is 7. The van der Waals surface area contributed by atoms with Crippen LogP contribution >= 0.6 is 0 Å². The second kappa shape index (κ2) is 8.17. The maximum absolute atomic E-state index is 10.6. The summed E-state index contributed by atoms with van der Waals surface area (Å²) in [6.45, 7) is 10.9. The summed E-state index contributed by atoms with van der Waals surface area (Å²) in [4.78, 5) is 10.6. The fourth-order valence-corrected chi connectivity index (χ4v) is 3.10. The summed E-state index contributed by atoms with van der Waals surface area (Å²) in [5, 5.41) is 8.69. The first kappa shape index (κ1) is 18.5. The number of aliphatic carboxylic acids is 1. The van der Waals surface area contributed by atoms with E-state index < -0.39 is 5.97 Å². The highest BCUT2D eigenvalue weighted by Gasteiger charge is 2.26. The second-order valence-electron chi connectivity index (χ2n) is 7.08. The first-order valence-electron chi connectivity index (χ1n) is 8.17. The van der Waals surface area contributed by atoms with Crippen molar-refractivity contribution in [3.05, 3.63) is 46.6 Å². The standard InChI is InChI=1S/C20H30O2/c1-15(8-6-9-16(2)14-19(21)22)11-12-18-17(3)10-7-13-20(18,4)5/h8,11-12,14H,6-7,9-10,13H2,1-5H3,(H,21,22). The molecule has 0 spiro atoms. The van der Waals surface area contributed by atoms with Gasteiger partial charge in [-0.1, -0.05) is 48.8 Å². The lowest BCUT2D eigenvalue weighted by molar-refractivity contribution is -0.131. The van der Waals surface area contributed by atoms with Crippen molar-refractivity contribution in [2.45, 2.75) is 66.7 Å². The highest BCUT2D eigenvalue weighted by molar-refractivity contribution is 5.80. The van der Waals surface area contributed by atoms with Crippen molar-refractivity contribution in [3.8, 4) is 0 Å². The Labute approximate surface area is 135 Å². The molecule has 0 aromatic carbocycles. The molecule has 1 N–H and O–H groups in total. The van der Waals surface area contributed by atoms with Gasteiger partial charge in [-0.15, -0.1) is 0 Å². The Morgan fingerprint density at radius 2 is 2.00 bits per heavy atom. The topological polar surface area (TPSA) is 37.3 Å². The Kier molecular flexibility index (Phi) is 6.86. The van der Waals surface area contributed by atoms with Gasteiger partial charge >= 0.3 is 5.97 Å². The normalized spacial score (nSPS) is 19.9. The lowest BCUT2D eigenvalue weighted by atomic mass is 9.72. The minimum Gasteiger partial charge on any atom is -0.478 e. The summed E-state index contributed by atoms with van der Waals surface area (Å²) < 4.78 is 0. The van der Waals surface area contributed by atoms with Crippen LogP contribution in [0.5, 0.6) is 0 Å². The molecule has 1 aliphatic carbocycles. The molecule has 0 saturated heterocycles. The van der Waals surface area contributed by atoms with Crippen LogP contribution in [0.3, 0.4) is 0 Å². The van der Waals surface area contributed by atoms with Gasteiger partial charge in [0.05, 0.1) is 0 Å². The van der Waals surface area contributed by atoms with E-state index in [4.69, 9.17) is 5.11 Å². The Bertz CT molecular complexity index is 528. The predicted molar refractivity (Wildman–Crippen MR) is 93.9 cm³/mol. The summed E-state index contributed by atoms with van der Waals surface area (Å²) in [7, 11) is 0. The van der Waals surface area contributed by atoms with Gasteiger partial charge in [-0.2, -0.15) is 0 Å². The van der Waals surface area contributed by atoms with Gasteiger partial charge in [0.1, 0.15) is 0 Å². The van der Waals surface area contributed by atoms with Gasteiger partial charge in [0.25, 0.3) is 0 Å². The van der Waals surface area contributed by atoms with Crippen LogP contribution in [0.2, 0.25) is 0 Å². The van der Waals surface area contributed by atoms with Gasteiger partial charge in [-0.3, -0.25) is 0 Å². The Hall–Kier alpha value is -1.57. The Morgan fingerprint density at radius 3 is 2.59 bits per heavy atom. The first-order valence-corrected chi connectivity index (χ1v) is 8.17. The van der Waals surface area contributed by atoms with Crippen molar-refractivity contribution in [2.24, 2.45) is 5.41 Å². The fourth-order valence-electron chi connectivity index (χ4n) is 3.10. The van der Waals surface area contributed by atoms with E-state index in [0.717, 1.165) is 18.4 Å². The molecule has 0 aromatic heterocycles. The third-order valence-electron chi connectivity index (χ3n) is 4.43. The number of rotatable bonds is 6. The van der Waals surface area contributed by atoms with Crippen LogP contribution in [0.1, 0.15) is 66.7 Å². The molecular weight excluding hydrogens is 272 g/mol. The fraction of sp³-hybridized carbons (Fsp3) is 0.550. The first-order chi connectivity index (χ1) is 10.2. The maximum Gasteiger partial charge on any atom is 0.328 e. The van der Waals surface area contributed by atoms with E-state index >= 15 is 0 Å². The van der Waals surface area contributed by atoms with Crippen molar-refractivity contribution in [2.75, 3.05) is 0 Å². The molecule has 0 saturated carbocycles. The van der Waals surface area contributed by atoms with Crippen LogP contribution in [0, 0.1) is 5.41 Å². The molecule has 0 aliphatic heterocycles. The van der Waals surface area contributed by atoms with Gasteiger partial charge in [-0.05, 0) is 63.9 Å². The SMILES string of the molecule is CC(C=CC1=C(C)CCCC1(C)C)=CCCC(C)=CC(=O)O. The summed E-state index contributed by atoms with van der Waals surface area (Å²) >= 11 is 0. The van der Waals surface area contributed by atoms with Crippen molar-refractivity contribution in [1.82, 2.24) is 0 Å². The van der Waals surface area contributed by atoms with Crippen LogP contribution in [-0.2, 0) is 4.79 Å². The largest absolute Gasteiger partial charge is 0.478 e. The molecule has 2 nitrogen and oxygen atoms in total. The molecule has 122 valence electrons. The highest BCUT2D eigenvalue weighted by Crippen LogP contribution is 2.40.